The molecule has 2 aromatic rings. The molecule has 26 heavy (non-hydrogen) atoms. The zero-order valence-corrected chi connectivity index (χ0v) is 15.1. The number of likely N-dealkylation sites (tertiary alicyclic amines) is 1. The summed E-state index contributed by atoms with van der Waals surface area (Å²) in [5, 5.41) is 0. The fraction of sp³-hybridized carbons (Fsp3) is 0.429. The number of pyridine rings is 1. The van der Waals surface area contributed by atoms with Gasteiger partial charge in [-0.3, -0.25) is 9.78 Å². The van der Waals surface area contributed by atoms with Crippen LogP contribution in [-0.4, -0.2) is 47.2 Å². The van der Waals surface area contributed by atoms with E-state index in [2.05, 4.69) is 4.98 Å². The summed E-state index contributed by atoms with van der Waals surface area (Å²) in [6, 6.07) is 11.6. The average molecular weight is 352 g/mol. The molecule has 136 valence electrons. The van der Waals surface area contributed by atoms with Crippen LogP contribution in [0.4, 0.5) is 0 Å². The first kappa shape index (κ1) is 17.0. The number of piperidine rings is 1. The van der Waals surface area contributed by atoms with E-state index >= 15 is 0 Å². The molecule has 1 spiro atoms. The molecule has 0 unspecified atom stereocenters. The number of nitrogens with zero attached hydrogens (tertiary/aromatic N) is 2. The van der Waals surface area contributed by atoms with Crippen molar-refractivity contribution in [3.63, 3.8) is 0 Å². The van der Waals surface area contributed by atoms with Crippen molar-refractivity contribution >= 4 is 5.91 Å². The number of rotatable bonds is 3. The van der Waals surface area contributed by atoms with Crippen LogP contribution in [-0.2, 0) is 4.74 Å². The lowest BCUT2D eigenvalue weighted by Crippen LogP contribution is -2.46. The number of ether oxygens (including phenoxy) is 2. The molecule has 5 heteroatoms. The number of amides is 1. The molecule has 5 nitrogen and oxygen atoms in total. The van der Waals surface area contributed by atoms with Crippen LogP contribution in [0.2, 0.25) is 0 Å². The Hall–Kier alpha value is -2.40. The van der Waals surface area contributed by atoms with Crippen molar-refractivity contribution in [2.75, 3.05) is 19.7 Å². The molecule has 2 saturated heterocycles. The van der Waals surface area contributed by atoms with Crippen LogP contribution in [0.25, 0.3) is 0 Å². The summed E-state index contributed by atoms with van der Waals surface area (Å²) in [7, 11) is 0. The number of benzene rings is 1. The highest BCUT2D eigenvalue weighted by Gasteiger charge is 2.44. The lowest BCUT2D eigenvalue weighted by atomic mass is 9.87. The van der Waals surface area contributed by atoms with Gasteiger partial charge in [-0.15, -0.1) is 0 Å². The van der Waals surface area contributed by atoms with Gasteiger partial charge in [0.05, 0.1) is 18.4 Å². The van der Waals surface area contributed by atoms with Crippen LogP contribution in [0.1, 0.15) is 35.2 Å². The van der Waals surface area contributed by atoms with E-state index < -0.39 is 0 Å². The third-order valence-corrected chi connectivity index (χ3v) is 5.45. The molecule has 2 aliphatic heterocycles. The Morgan fingerprint density at radius 1 is 1.23 bits per heavy atom. The predicted molar refractivity (Wildman–Crippen MR) is 98.3 cm³/mol. The van der Waals surface area contributed by atoms with Crippen LogP contribution in [0.3, 0.4) is 0 Å². The zero-order chi connectivity index (χ0) is 18.0. The highest BCUT2D eigenvalue weighted by atomic mass is 16.6. The lowest BCUT2D eigenvalue weighted by molar-refractivity contribution is -0.0395. The number of hydrogen-bond acceptors (Lipinski definition) is 4. The van der Waals surface area contributed by atoms with Gasteiger partial charge >= 0.3 is 0 Å². The van der Waals surface area contributed by atoms with Gasteiger partial charge in [0.25, 0.3) is 5.91 Å². The maximum absolute atomic E-state index is 12.8. The summed E-state index contributed by atoms with van der Waals surface area (Å²) in [5.74, 6) is 0.907. The molecule has 0 saturated carbocycles. The van der Waals surface area contributed by atoms with Crippen LogP contribution >= 0.6 is 0 Å². The van der Waals surface area contributed by atoms with Crippen molar-refractivity contribution in [1.29, 1.82) is 0 Å². The van der Waals surface area contributed by atoms with E-state index in [1.54, 1.807) is 12.4 Å². The normalized spacial score (nSPS) is 21.7. The van der Waals surface area contributed by atoms with Crippen molar-refractivity contribution in [3.05, 3.63) is 59.9 Å². The summed E-state index contributed by atoms with van der Waals surface area (Å²) >= 11 is 0. The van der Waals surface area contributed by atoms with E-state index in [4.69, 9.17) is 9.47 Å². The Kier molecular flexibility index (Phi) is 4.64. The average Bonchev–Trinajstić information content (AvgIpc) is 3.05. The molecule has 3 heterocycles. The maximum Gasteiger partial charge on any atom is 0.254 e. The van der Waals surface area contributed by atoms with Crippen LogP contribution < -0.4 is 4.74 Å². The van der Waals surface area contributed by atoms with Crippen molar-refractivity contribution < 1.29 is 14.3 Å². The Morgan fingerprint density at radius 3 is 2.77 bits per heavy atom. The third-order valence-electron chi connectivity index (χ3n) is 5.45. The highest BCUT2D eigenvalue weighted by molar-refractivity contribution is 5.95. The monoisotopic (exact) mass is 352 g/mol. The fourth-order valence-corrected chi connectivity index (χ4v) is 3.94. The second-order valence-electron chi connectivity index (χ2n) is 7.23. The Morgan fingerprint density at radius 2 is 2.04 bits per heavy atom. The smallest absolute Gasteiger partial charge is 0.254 e. The van der Waals surface area contributed by atoms with Gasteiger partial charge in [0.1, 0.15) is 11.9 Å². The second-order valence-corrected chi connectivity index (χ2v) is 7.23. The molecule has 1 aromatic carbocycles. The molecule has 0 N–H and O–H groups in total. The molecule has 1 aromatic heterocycles. The van der Waals surface area contributed by atoms with E-state index in [0.717, 1.165) is 49.2 Å². The maximum atomic E-state index is 12.8. The summed E-state index contributed by atoms with van der Waals surface area (Å²) in [6.07, 6.45) is 6.11. The number of carbonyl (C=O) groups excluding carboxylic acids is 1. The third kappa shape index (κ3) is 3.44. The lowest BCUT2D eigenvalue weighted by Gasteiger charge is -2.38. The predicted octanol–water partition coefficient (Wildman–Crippen LogP) is 3.23. The van der Waals surface area contributed by atoms with Gasteiger partial charge in [-0.25, -0.2) is 0 Å². The summed E-state index contributed by atoms with van der Waals surface area (Å²) < 4.78 is 12.1. The number of hydrogen-bond donors (Lipinski definition) is 0. The number of carbonyl (C=O) groups is 1. The minimum atomic E-state index is -0.157. The summed E-state index contributed by atoms with van der Waals surface area (Å²) in [6.45, 7) is 4.04. The van der Waals surface area contributed by atoms with E-state index in [1.165, 1.54) is 0 Å². The molecular weight excluding hydrogens is 328 g/mol. The summed E-state index contributed by atoms with van der Waals surface area (Å²) in [5.41, 5.74) is 1.67. The van der Waals surface area contributed by atoms with Gasteiger partial charge in [0.15, 0.2) is 0 Å². The molecule has 1 atom stereocenters. The first-order chi connectivity index (χ1) is 12.7. The van der Waals surface area contributed by atoms with Crippen LogP contribution in [0.5, 0.6) is 5.75 Å². The second kappa shape index (κ2) is 7.08. The standard InChI is InChI=1S/C21H24N2O3/c1-16-5-2-3-7-19(16)20(24)23-11-8-21(9-12-23)13-18(15-25-21)26-17-6-4-10-22-14-17/h2-7,10,14,18H,8-9,11-13,15H2,1H3/t18-/m1/s1. The molecule has 1 amide bonds. The first-order valence-corrected chi connectivity index (χ1v) is 9.21. The van der Waals surface area contributed by atoms with Crippen molar-refractivity contribution in [2.45, 2.75) is 37.9 Å². The molecular formula is C21H24N2O3. The molecule has 2 aliphatic rings. The quantitative estimate of drug-likeness (QED) is 0.851. The molecule has 0 bridgehead atoms. The van der Waals surface area contributed by atoms with Gasteiger partial charge in [0, 0.05) is 31.3 Å². The largest absolute Gasteiger partial charge is 0.486 e. The fourth-order valence-electron chi connectivity index (χ4n) is 3.94. The van der Waals surface area contributed by atoms with Crippen LogP contribution in [0, 0.1) is 6.92 Å². The van der Waals surface area contributed by atoms with E-state index in [1.807, 2.05) is 48.2 Å². The summed E-state index contributed by atoms with van der Waals surface area (Å²) in [4.78, 5) is 18.8. The number of aryl methyl sites for hydroxylation is 1. The topological polar surface area (TPSA) is 51.7 Å². The molecule has 0 radical (unpaired) electrons. The van der Waals surface area contributed by atoms with Crippen molar-refractivity contribution in [3.8, 4) is 5.75 Å². The van der Waals surface area contributed by atoms with Crippen molar-refractivity contribution in [2.24, 2.45) is 0 Å². The Balaban J connectivity index is 1.35. The van der Waals surface area contributed by atoms with Gasteiger partial charge < -0.3 is 14.4 Å². The first-order valence-electron chi connectivity index (χ1n) is 9.21. The van der Waals surface area contributed by atoms with E-state index in [0.29, 0.717) is 6.61 Å². The SMILES string of the molecule is Cc1ccccc1C(=O)N1CCC2(CC1)C[C@@H](Oc1cccnc1)CO2. The molecule has 4 rings (SSSR count). The molecule has 0 aliphatic carbocycles. The van der Waals surface area contributed by atoms with Gasteiger partial charge in [-0.2, -0.15) is 0 Å². The van der Waals surface area contributed by atoms with Crippen LogP contribution in [0.15, 0.2) is 48.8 Å². The van der Waals surface area contributed by atoms with Gasteiger partial charge in [-0.1, -0.05) is 18.2 Å². The van der Waals surface area contributed by atoms with Gasteiger partial charge in [0.2, 0.25) is 0 Å². The van der Waals surface area contributed by atoms with E-state index in [9.17, 15) is 4.79 Å². The van der Waals surface area contributed by atoms with Crippen molar-refractivity contribution in [1.82, 2.24) is 9.88 Å². The Bertz CT molecular complexity index is 770. The zero-order valence-electron chi connectivity index (χ0n) is 15.1. The van der Waals surface area contributed by atoms with E-state index in [-0.39, 0.29) is 17.6 Å². The number of aromatic nitrogens is 1. The highest BCUT2D eigenvalue weighted by Crippen LogP contribution is 2.37. The minimum absolute atomic E-state index is 0.0535. The van der Waals surface area contributed by atoms with Gasteiger partial charge in [-0.05, 0) is 43.5 Å². The molecule has 2 fully saturated rings. The Labute approximate surface area is 153 Å². The minimum Gasteiger partial charge on any atom is -0.486 e.